The van der Waals surface area contributed by atoms with E-state index >= 15 is 0 Å². The maximum Gasteiger partial charge on any atom is 0.312 e. The molecule has 310 valence electrons. The number of ether oxygens (including phenoxy) is 4. The summed E-state index contributed by atoms with van der Waals surface area (Å²) in [5.74, 6) is -6.81. The number of hydrazone groups is 1. The lowest BCUT2D eigenvalue weighted by Gasteiger charge is -2.38. The van der Waals surface area contributed by atoms with Gasteiger partial charge in [0.05, 0.1) is 47.4 Å². The predicted molar refractivity (Wildman–Crippen MR) is 214 cm³/mol. The fraction of sp³-hybridized carbons (Fsp3) is 0.524. The fourth-order valence-corrected chi connectivity index (χ4v) is 7.69. The van der Waals surface area contributed by atoms with Crippen LogP contribution in [-0.2, 0) is 23.8 Å². The number of fused-ring (bicyclic) bond motifs is 14. The molecule has 4 heterocycles. The molecule has 4 aliphatic heterocycles. The fourth-order valence-electron chi connectivity index (χ4n) is 7.69. The summed E-state index contributed by atoms with van der Waals surface area (Å²) in [5, 5.41) is 58.8. The molecule has 1 amide bonds. The van der Waals surface area contributed by atoms with E-state index in [0.29, 0.717) is 26.2 Å². The molecule has 2 aromatic rings. The molecule has 5 bridgehead atoms. The number of amides is 1. The number of hydrogen-bond acceptors (Lipinski definition) is 14. The van der Waals surface area contributed by atoms with E-state index in [4.69, 9.17) is 18.9 Å². The molecule has 1 fully saturated rings. The molecule has 0 aliphatic carbocycles. The van der Waals surface area contributed by atoms with Crippen LogP contribution < -0.4 is 15.4 Å². The van der Waals surface area contributed by atoms with Gasteiger partial charge in [-0.1, -0.05) is 45.9 Å². The third-order valence-corrected chi connectivity index (χ3v) is 11.4. The molecule has 1 saturated heterocycles. The predicted octanol–water partition coefficient (Wildman–Crippen LogP) is 4.29. The smallest absolute Gasteiger partial charge is 0.312 e. The van der Waals surface area contributed by atoms with Gasteiger partial charge in [0.2, 0.25) is 0 Å². The minimum Gasteiger partial charge on any atom is -0.507 e. The van der Waals surface area contributed by atoms with Crippen molar-refractivity contribution in [3.63, 3.8) is 0 Å². The number of nitrogens with zero attached hydrogens (tertiary/aromatic N) is 2. The molecular weight excluding hydrogens is 736 g/mol. The van der Waals surface area contributed by atoms with E-state index in [9.17, 15) is 34.8 Å². The molecule has 4 aliphatic rings. The number of carbonyl (C=O) groups excluding carboxylic acids is 3. The number of benzene rings is 2. The molecule has 15 nitrogen and oxygen atoms in total. The van der Waals surface area contributed by atoms with Crippen LogP contribution in [0.2, 0.25) is 0 Å². The molecule has 6 rings (SSSR count). The molecular formula is C42H56N4O11. The minimum absolute atomic E-state index is 0.0342. The Morgan fingerprint density at radius 2 is 1.70 bits per heavy atom. The van der Waals surface area contributed by atoms with Gasteiger partial charge >= 0.3 is 11.8 Å². The normalized spacial score (nSPS) is 32.4. The van der Waals surface area contributed by atoms with Gasteiger partial charge < -0.3 is 50.0 Å². The summed E-state index contributed by atoms with van der Waals surface area (Å²) in [5.41, 5.74) is 0.688. The molecule has 57 heavy (non-hydrogen) atoms. The molecule has 0 aromatic heterocycles. The molecule has 15 heteroatoms. The third kappa shape index (κ3) is 8.81. The lowest BCUT2D eigenvalue weighted by Crippen LogP contribution is -2.46. The van der Waals surface area contributed by atoms with Crippen LogP contribution in [0.4, 0.5) is 5.69 Å². The van der Waals surface area contributed by atoms with Crippen LogP contribution in [-0.4, -0.2) is 113 Å². The maximum absolute atomic E-state index is 14.4. The number of rotatable bonds is 4. The van der Waals surface area contributed by atoms with Crippen molar-refractivity contribution >= 4 is 40.3 Å². The van der Waals surface area contributed by atoms with E-state index in [0.717, 1.165) is 0 Å². The zero-order valence-electron chi connectivity index (χ0n) is 34.0. The summed E-state index contributed by atoms with van der Waals surface area (Å²) in [7, 11) is 1.46. The number of aliphatic hydroxyl groups excluding tert-OH is 2. The second-order valence-electron chi connectivity index (χ2n) is 15.4. The highest BCUT2D eigenvalue weighted by Crippen LogP contribution is 2.51. The first-order valence-corrected chi connectivity index (χ1v) is 19.3. The van der Waals surface area contributed by atoms with E-state index in [2.05, 4.69) is 15.7 Å². The Morgan fingerprint density at radius 1 is 1.02 bits per heavy atom. The average molecular weight is 793 g/mol. The number of allylic oxidation sites excluding steroid dienone is 2. The Kier molecular flexibility index (Phi) is 13.4. The number of piperazine rings is 1. The summed E-state index contributed by atoms with van der Waals surface area (Å²) in [6.45, 7) is 15.5. The maximum atomic E-state index is 14.4. The summed E-state index contributed by atoms with van der Waals surface area (Å²) in [4.78, 5) is 40.3. The summed E-state index contributed by atoms with van der Waals surface area (Å²) < 4.78 is 23.7. The van der Waals surface area contributed by atoms with Gasteiger partial charge in [0.1, 0.15) is 17.6 Å². The minimum atomic E-state index is -1.92. The van der Waals surface area contributed by atoms with Gasteiger partial charge in [-0.15, -0.1) is 0 Å². The van der Waals surface area contributed by atoms with Gasteiger partial charge in [0, 0.05) is 92.9 Å². The quantitative estimate of drug-likeness (QED) is 0.145. The number of aromatic hydroxyl groups is 2. The van der Waals surface area contributed by atoms with Crippen LogP contribution in [0.5, 0.6) is 17.2 Å². The highest BCUT2D eigenvalue weighted by atomic mass is 16.7. The van der Waals surface area contributed by atoms with E-state index in [1.807, 2.05) is 5.01 Å². The number of anilines is 1. The van der Waals surface area contributed by atoms with Gasteiger partial charge in [0.15, 0.2) is 5.75 Å². The van der Waals surface area contributed by atoms with Crippen molar-refractivity contribution in [2.45, 2.75) is 85.6 Å². The highest BCUT2D eigenvalue weighted by Gasteiger charge is 2.49. The molecule has 9 unspecified atom stereocenters. The van der Waals surface area contributed by atoms with Crippen LogP contribution in [0.15, 0.2) is 47.3 Å². The summed E-state index contributed by atoms with van der Waals surface area (Å²) in [6.07, 6.45) is 5.41. The monoisotopic (exact) mass is 792 g/mol. The molecule has 2 aromatic carbocycles. The van der Waals surface area contributed by atoms with Crippen molar-refractivity contribution < 1.29 is 53.8 Å². The van der Waals surface area contributed by atoms with Crippen molar-refractivity contribution in [2.75, 3.05) is 38.6 Å². The standard InChI is InChI=1S/C42H56N4O11/c1-21-11-10-12-22(2)41(53)45-33-28(20-44-46-16-14-43-15-17-46)19-29-31(37(33)51)36(50)26(6)39-32(29)40(52)42(8,57-39)55-18-13-30(54-9)23(3)38(56-27(7)47)25(5)35(49)24(4)34(21)48/h10-13,18-21,23-25,30,34-35,38,43,48-51H,14-17H2,1-9H3,(H,45,53)/b11-10+,18-13+,22-12-,44-20+. The van der Waals surface area contributed by atoms with Gasteiger partial charge in [-0.05, 0) is 26.0 Å². The van der Waals surface area contributed by atoms with E-state index < -0.39 is 77.3 Å². The number of hydrogen-bond donors (Lipinski definition) is 6. The van der Waals surface area contributed by atoms with Crippen LogP contribution in [0.3, 0.4) is 0 Å². The van der Waals surface area contributed by atoms with Crippen LogP contribution in [0.25, 0.3) is 10.8 Å². The average Bonchev–Trinajstić information content (AvgIpc) is 3.45. The topological polar surface area (TPSA) is 209 Å². The van der Waals surface area contributed by atoms with Crippen LogP contribution in [0, 0.1) is 30.6 Å². The number of ketones is 1. The molecule has 0 saturated carbocycles. The van der Waals surface area contributed by atoms with Crippen molar-refractivity contribution in [1.29, 1.82) is 0 Å². The van der Waals surface area contributed by atoms with Crippen LogP contribution >= 0.6 is 0 Å². The first kappa shape index (κ1) is 43.2. The number of phenols is 2. The highest BCUT2D eigenvalue weighted by molar-refractivity contribution is 6.21. The van der Waals surface area contributed by atoms with Gasteiger partial charge in [0.25, 0.3) is 11.7 Å². The second-order valence-corrected chi connectivity index (χ2v) is 15.4. The lowest BCUT2D eigenvalue weighted by atomic mass is 9.78. The van der Waals surface area contributed by atoms with E-state index in [1.54, 1.807) is 58.9 Å². The van der Waals surface area contributed by atoms with Gasteiger partial charge in [-0.25, -0.2) is 0 Å². The van der Waals surface area contributed by atoms with Crippen molar-refractivity contribution in [3.05, 3.63) is 58.9 Å². The summed E-state index contributed by atoms with van der Waals surface area (Å²) in [6, 6.07) is 1.56. The second kappa shape index (κ2) is 17.7. The van der Waals surface area contributed by atoms with Crippen molar-refractivity contribution in [3.8, 4) is 17.2 Å². The summed E-state index contributed by atoms with van der Waals surface area (Å²) >= 11 is 0. The number of Topliss-reactive ketones (excluding diaryl/α,β-unsaturated/α-hetero) is 1. The van der Waals surface area contributed by atoms with Crippen molar-refractivity contribution in [2.24, 2.45) is 28.8 Å². The Hall–Kier alpha value is -4.96. The zero-order chi connectivity index (χ0) is 41.9. The molecule has 9 atom stereocenters. The first-order chi connectivity index (χ1) is 26.9. The largest absolute Gasteiger partial charge is 0.507 e. The van der Waals surface area contributed by atoms with Crippen LogP contribution in [0.1, 0.15) is 70.0 Å². The number of methoxy groups -OCH3 is 1. The zero-order valence-corrected chi connectivity index (χ0v) is 34.0. The number of esters is 1. The Bertz CT molecular complexity index is 1990. The van der Waals surface area contributed by atoms with Gasteiger partial charge in [-0.3, -0.25) is 19.4 Å². The van der Waals surface area contributed by atoms with Gasteiger partial charge in [-0.2, -0.15) is 5.10 Å². The molecule has 0 radical (unpaired) electrons. The number of phenolic OH excluding ortho intramolecular Hbond substituents is 2. The Morgan fingerprint density at radius 3 is 2.35 bits per heavy atom. The van der Waals surface area contributed by atoms with E-state index in [-0.39, 0.29) is 50.2 Å². The van der Waals surface area contributed by atoms with E-state index in [1.165, 1.54) is 46.4 Å². The number of nitrogens with one attached hydrogen (secondary N) is 2. The molecule has 6 N–H and O–H groups in total. The Balaban J connectivity index is 1.67. The lowest BCUT2D eigenvalue weighted by molar-refractivity contribution is -0.160. The first-order valence-electron chi connectivity index (χ1n) is 19.3. The SMILES string of the molecule is COC1/C=C/OC2(C)Oc3c(C)c(O)c4c(O)c(c(/C=N/N5CCNCC5)cc4c3C2=O)NC(=O)/C(C)=C\C=C\C(C)C(O)C(C)C(O)C(C)C(OC(C)=O)C1C. The Labute approximate surface area is 333 Å². The number of aliphatic hydroxyl groups is 2. The molecule has 0 spiro atoms. The number of carbonyl (C=O) groups is 3. The van der Waals surface area contributed by atoms with Crippen molar-refractivity contribution in [1.82, 2.24) is 10.3 Å². The third-order valence-electron chi connectivity index (χ3n) is 11.4.